The number of carbonyl (C=O) groups is 1. The summed E-state index contributed by atoms with van der Waals surface area (Å²) in [6.45, 7) is 8.17. The van der Waals surface area contributed by atoms with Gasteiger partial charge in [0.05, 0.1) is 16.3 Å². The summed E-state index contributed by atoms with van der Waals surface area (Å²) in [5.41, 5.74) is 3.91. The van der Waals surface area contributed by atoms with Gasteiger partial charge in [-0.3, -0.25) is 24.9 Å². The van der Waals surface area contributed by atoms with E-state index in [1.807, 2.05) is 42.7 Å². The number of amides is 1. The molecule has 0 saturated carbocycles. The lowest BCUT2D eigenvalue weighted by molar-refractivity contribution is 0.102. The third-order valence-corrected chi connectivity index (χ3v) is 5.84. The summed E-state index contributed by atoms with van der Waals surface area (Å²) in [5, 5.41) is 17.4. The molecule has 0 atom stereocenters. The standard InChI is InChI=1S/C20H19N7OS2/c1-4-9-27-17(25-26-20(27)29)16-12(3)21-19(30-16)22-18(28)15-10-14(23-24-15)13-7-5-11(2)6-8-13/h4-8,10H,1,9H2,2-3H3,(H,23,24)(H,26,29)(H,21,22,28). The van der Waals surface area contributed by atoms with Crippen molar-refractivity contribution in [2.45, 2.75) is 20.4 Å². The molecule has 30 heavy (non-hydrogen) atoms. The van der Waals surface area contributed by atoms with Gasteiger partial charge >= 0.3 is 0 Å². The molecule has 0 unspecified atom stereocenters. The largest absolute Gasteiger partial charge is 0.296 e. The maximum absolute atomic E-state index is 12.7. The fraction of sp³-hybridized carbons (Fsp3) is 0.150. The third kappa shape index (κ3) is 3.87. The molecule has 4 rings (SSSR count). The number of aromatic amines is 2. The van der Waals surface area contributed by atoms with E-state index < -0.39 is 0 Å². The van der Waals surface area contributed by atoms with E-state index in [9.17, 15) is 4.79 Å². The van der Waals surface area contributed by atoms with Gasteiger partial charge in [0.1, 0.15) is 5.69 Å². The summed E-state index contributed by atoms with van der Waals surface area (Å²) in [6.07, 6.45) is 1.75. The topological polar surface area (TPSA) is 104 Å². The predicted molar refractivity (Wildman–Crippen MR) is 120 cm³/mol. The van der Waals surface area contributed by atoms with Crippen molar-refractivity contribution in [3.8, 4) is 22.0 Å². The van der Waals surface area contributed by atoms with Crippen LogP contribution in [0.15, 0.2) is 43.0 Å². The minimum absolute atomic E-state index is 0.314. The first kappa shape index (κ1) is 19.9. The van der Waals surface area contributed by atoms with E-state index >= 15 is 0 Å². The Hall–Kier alpha value is -3.37. The number of allylic oxidation sites excluding steroid dienone is 1. The highest BCUT2D eigenvalue weighted by atomic mass is 32.1. The molecule has 0 saturated heterocycles. The van der Waals surface area contributed by atoms with Crippen molar-refractivity contribution in [1.82, 2.24) is 29.9 Å². The van der Waals surface area contributed by atoms with Crippen LogP contribution in [0.5, 0.6) is 0 Å². The van der Waals surface area contributed by atoms with E-state index in [4.69, 9.17) is 12.2 Å². The second-order valence-corrected chi connectivity index (χ2v) is 8.06. The highest BCUT2D eigenvalue weighted by molar-refractivity contribution is 7.71. The van der Waals surface area contributed by atoms with Crippen LogP contribution in [-0.2, 0) is 6.54 Å². The average Bonchev–Trinajstić information content (AvgIpc) is 3.43. The highest BCUT2D eigenvalue weighted by Gasteiger charge is 2.18. The number of aryl methyl sites for hydroxylation is 2. The minimum atomic E-state index is -0.314. The SMILES string of the molecule is C=CCn1c(-c2sc(NC(=O)c3cc(-c4ccc(C)cc4)n[nH]3)nc2C)n[nH]c1=S. The molecule has 3 heterocycles. The number of nitrogens with zero attached hydrogens (tertiary/aromatic N) is 4. The van der Waals surface area contributed by atoms with Gasteiger partial charge in [-0.2, -0.15) is 10.2 Å². The van der Waals surface area contributed by atoms with Crippen LogP contribution in [0.25, 0.3) is 22.0 Å². The Bertz CT molecular complexity index is 1280. The number of H-pyrrole nitrogens is 2. The van der Waals surface area contributed by atoms with Crippen molar-refractivity contribution in [1.29, 1.82) is 0 Å². The van der Waals surface area contributed by atoms with E-state index in [1.54, 1.807) is 12.1 Å². The minimum Gasteiger partial charge on any atom is -0.296 e. The lowest BCUT2D eigenvalue weighted by atomic mass is 10.1. The molecule has 4 aromatic rings. The number of benzene rings is 1. The van der Waals surface area contributed by atoms with Gasteiger partial charge < -0.3 is 0 Å². The summed E-state index contributed by atoms with van der Waals surface area (Å²) in [6, 6.07) is 9.67. The summed E-state index contributed by atoms with van der Waals surface area (Å²) in [5.74, 6) is 0.352. The number of hydrogen-bond acceptors (Lipinski definition) is 6. The molecule has 0 fully saturated rings. The molecule has 3 aromatic heterocycles. The van der Waals surface area contributed by atoms with Crippen molar-refractivity contribution in [2.75, 3.05) is 5.32 Å². The van der Waals surface area contributed by atoms with Gasteiger partial charge in [0, 0.05) is 12.1 Å². The fourth-order valence-corrected chi connectivity index (χ4v) is 4.09. The molecule has 3 N–H and O–H groups in total. The Balaban J connectivity index is 1.55. The zero-order valence-electron chi connectivity index (χ0n) is 16.4. The molecule has 1 aromatic carbocycles. The van der Waals surface area contributed by atoms with Gasteiger partial charge in [-0.1, -0.05) is 47.2 Å². The third-order valence-electron chi connectivity index (χ3n) is 4.46. The molecule has 152 valence electrons. The van der Waals surface area contributed by atoms with Crippen molar-refractivity contribution in [3.05, 3.63) is 64.7 Å². The van der Waals surface area contributed by atoms with Gasteiger partial charge in [0.15, 0.2) is 15.7 Å². The monoisotopic (exact) mass is 437 g/mol. The Morgan fingerprint density at radius 3 is 2.77 bits per heavy atom. The number of hydrogen-bond donors (Lipinski definition) is 3. The molecule has 0 aliphatic heterocycles. The van der Waals surface area contributed by atoms with Gasteiger partial charge in [-0.05, 0) is 32.1 Å². The molecule has 0 radical (unpaired) electrons. The van der Waals surface area contributed by atoms with Crippen LogP contribution in [0, 0.1) is 18.6 Å². The smallest absolute Gasteiger partial charge is 0.275 e. The average molecular weight is 438 g/mol. The molecule has 10 heteroatoms. The van der Waals surface area contributed by atoms with Crippen LogP contribution >= 0.6 is 23.6 Å². The normalized spacial score (nSPS) is 10.9. The van der Waals surface area contributed by atoms with Gasteiger partial charge in [-0.15, -0.1) is 6.58 Å². The number of rotatable bonds is 6. The first-order chi connectivity index (χ1) is 14.5. The van der Waals surface area contributed by atoms with Crippen molar-refractivity contribution >= 4 is 34.6 Å². The quantitative estimate of drug-likeness (QED) is 0.304. The number of thiazole rings is 1. The Morgan fingerprint density at radius 1 is 1.27 bits per heavy atom. The fourth-order valence-electron chi connectivity index (χ4n) is 2.92. The number of nitrogens with one attached hydrogen (secondary N) is 3. The summed E-state index contributed by atoms with van der Waals surface area (Å²) in [7, 11) is 0. The van der Waals surface area contributed by atoms with Crippen LogP contribution < -0.4 is 5.32 Å². The van der Waals surface area contributed by atoms with Gasteiger partial charge in [0.25, 0.3) is 5.91 Å². The zero-order valence-corrected chi connectivity index (χ0v) is 18.0. The van der Waals surface area contributed by atoms with Crippen LogP contribution in [0.2, 0.25) is 0 Å². The van der Waals surface area contributed by atoms with Crippen molar-refractivity contribution < 1.29 is 4.79 Å². The molecular formula is C20H19N7OS2. The number of carbonyl (C=O) groups excluding carboxylic acids is 1. The van der Waals surface area contributed by atoms with E-state index in [0.717, 1.165) is 21.7 Å². The Labute approximate surface area is 181 Å². The molecule has 1 amide bonds. The van der Waals surface area contributed by atoms with Gasteiger partial charge in [0.2, 0.25) is 0 Å². The van der Waals surface area contributed by atoms with Crippen molar-refractivity contribution in [2.24, 2.45) is 0 Å². The summed E-state index contributed by atoms with van der Waals surface area (Å²) < 4.78 is 2.33. The molecular weight excluding hydrogens is 418 g/mol. The number of aromatic nitrogens is 6. The van der Waals surface area contributed by atoms with Crippen LogP contribution in [0.1, 0.15) is 21.7 Å². The van der Waals surface area contributed by atoms with E-state index in [1.165, 1.54) is 11.3 Å². The Morgan fingerprint density at radius 2 is 2.03 bits per heavy atom. The summed E-state index contributed by atoms with van der Waals surface area (Å²) in [4.78, 5) is 18.0. The van der Waals surface area contributed by atoms with E-state index in [2.05, 4.69) is 37.3 Å². The first-order valence-corrected chi connectivity index (χ1v) is 10.4. The predicted octanol–water partition coefficient (Wildman–Crippen LogP) is 4.51. The lowest BCUT2D eigenvalue weighted by Crippen LogP contribution is -2.12. The van der Waals surface area contributed by atoms with E-state index in [-0.39, 0.29) is 5.91 Å². The second-order valence-electron chi connectivity index (χ2n) is 6.67. The second kappa shape index (κ2) is 8.17. The highest BCUT2D eigenvalue weighted by Crippen LogP contribution is 2.32. The van der Waals surface area contributed by atoms with Crippen LogP contribution in [0.3, 0.4) is 0 Å². The molecule has 0 spiro atoms. The van der Waals surface area contributed by atoms with Crippen molar-refractivity contribution in [3.63, 3.8) is 0 Å². The molecule has 0 bridgehead atoms. The van der Waals surface area contributed by atoms with Gasteiger partial charge in [-0.25, -0.2) is 4.98 Å². The molecule has 0 aliphatic carbocycles. The first-order valence-electron chi connectivity index (χ1n) is 9.14. The number of anilines is 1. The lowest BCUT2D eigenvalue weighted by Gasteiger charge is -2.01. The van der Waals surface area contributed by atoms with Crippen LogP contribution in [0.4, 0.5) is 5.13 Å². The Kier molecular flexibility index (Phi) is 5.42. The van der Waals surface area contributed by atoms with E-state index in [0.29, 0.717) is 33.7 Å². The molecule has 8 nitrogen and oxygen atoms in total. The summed E-state index contributed by atoms with van der Waals surface area (Å²) >= 11 is 6.60. The zero-order chi connectivity index (χ0) is 21.3. The maximum atomic E-state index is 12.7. The maximum Gasteiger partial charge on any atom is 0.275 e. The molecule has 0 aliphatic rings. The van der Waals surface area contributed by atoms with Crippen LogP contribution in [-0.4, -0.2) is 35.9 Å².